The molecule has 0 radical (unpaired) electrons. The van der Waals surface area contributed by atoms with Gasteiger partial charge in [-0.1, -0.05) is 48.5 Å². The molecule has 6 heteroatoms. The average Bonchev–Trinajstić information content (AvgIpc) is 3.24. The maximum atomic E-state index is 13.7. The van der Waals surface area contributed by atoms with Crippen molar-refractivity contribution in [3.8, 4) is 0 Å². The van der Waals surface area contributed by atoms with Crippen molar-refractivity contribution in [2.24, 2.45) is 5.73 Å². The quantitative estimate of drug-likeness (QED) is 0.486. The van der Waals surface area contributed by atoms with Crippen LogP contribution in [0.2, 0.25) is 0 Å². The van der Waals surface area contributed by atoms with Gasteiger partial charge in [-0.05, 0) is 78.7 Å². The van der Waals surface area contributed by atoms with Crippen LogP contribution in [0, 0.1) is 0 Å². The monoisotopic (exact) mass is 469 g/mol. The summed E-state index contributed by atoms with van der Waals surface area (Å²) in [5, 5.41) is 12.2. The predicted molar refractivity (Wildman–Crippen MR) is 136 cm³/mol. The number of benzene rings is 3. The number of aryl methyl sites for hydroxylation is 1. The van der Waals surface area contributed by atoms with E-state index in [0.717, 1.165) is 32.2 Å². The highest BCUT2D eigenvalue weighted by atomic mass is 16.4. The molecule has 1 aliphatic carbocycles. The fourth-order valence-electron chi connectivity index (χ4n) is 5.59. The fraction of sp³-hybridized carbons (Fsp3) is 0.310. The van der Waals surface area contributed by atoms with Gasteiger partial charge >= 0.3 is 5.97 Å². The minimum absolute atomic E-state index is 0.0650. The molecule has 180 valence electrons. The lowest BCUT2D eigenvalue weighted by molar-refractivity contribution is -0.123. The highest BCUT2D eigenvalue weighted by Gasteiger charge is 2.37. The molecule has 0 aromatic heterocycles. The van der Waals surface area contributed by atoms with Crippen LogP contribution in [0.5, 0.6) is 0 Å². The number of rotatable bonds is 6. The second kappa shape index (κ2) is 10.0. The number of piperidine rings is 1. The summed E-state index contributed by atoms with van der Waals surface area (Å²) in [5.41, 5.74) is 12.0. The number of nitrogens with zero attached hydrogens (tertiary/aromatic N) is 1. The van der Waals surface area contributed by atoms with E-state index in [1.807, 2.05) is 18.2 Å². The van der Waals surface area contributed by atoms with Crippen molar-refractivity contribution in [2.75, 3.05) is 11.9 Å². The van der Waals surface area contributed by atoms with Gasteiger partial charge in [0.1, 0.15) is 0 Å². The van der Waals surface area contributed by atoms with Crippen molar-refractivity contribution in [2.45, 2.75) is 50.2 Å². The number of carboxylic acids is 1. The molecule has 1 fully saturated rings. The van der Waals surface area contributed by atoms with E-state index in [0.29, 0.717) is 12.2 Å². The molecular weight excluding hydrogens is 438 g/mol. The Kier molecular flexibility index (Phi) is 6.66. The van der Waals surface area contributed by atoms with Gasteiger partial charge in [0.25, 0.3) is 0 Å². The minimum Gasteiger partial charge on any atom is -0.478 e. The van der Waals surface area contributed by atoms with Gasteiger partial charge in [0.15, 0.2) is 0 Å². The Morgan fingerprint density at radius 3 is 2.51 bits per heavy atom. The number of anilines is 1. The number of amides is 1. The zero-order chi connectivity index (χ0) is 24.4. The molecule has 5 rings (SSSR count). The van der Waals surface area contributed by atoms with E-state index in [2.05, 4.69) is 40.5 Å². The summed E-state index contributed by atoms with van der Waals surface area (Å²) in [6.45, 7) is 1.54. The number of nitrogens with two attached hydrogens (primary N) is 1. The first-order valence-corrected chi connectivity index (χ1v) is 12.3. The van der Waals surface area contributed by atoms with E-state index >= 15 is 0 Å². The molecule has 4 N–H and O–H groups in total. The molecule has 0 saturated carbocycles. The number of carbonyl (C=O) groups excluding carboxylic acids is 1. The Bertz CT molecular complexity index is 1210. The summed E-state index contributed by atoms with van der Waals surface area (Å²) in [6, 6.07) is 22.9. The first-order chi connectivity index (χ1) is 17.0. The molecule has 1 heterocycles. The third-order valence-electron chi connectivity index (χ3n) is 7.35. The van der Waals surface area contributed by atoms with Crippen LogP contribution in [-0.4, -0.2) is 34.5 Å². The topological polar surface area (TPSA) is 95.7 Å². The van der Waals surface area contributed by atoms with Gasteiger partial charge in [0.05, 0.1) is 11.6 Å². The van der Waals surface area contributed by atoms with Crippen molar-refractivity contribution in [3.05, 3.63) is 101 Å². The third-order valence-corrected chi connectivity index (χ3v) is 7.35. The van der Waals surface area contributed by atoms with Gasteiger partial charge in [0, 0.05) is 24.2 Å². The summed E-state index contributed by atoms with van der Waals surface area (Å²) >= 11 is 0. The van der Waals surface area contributed by atoms with Crippen molar-refractivity contribution in [1.82, 2.24) is 4.90 Å². The van der Waals surface area contributed by atoms with Crippen LogP contribution in [0.15, 0.2) is 72.8 Å². The highest BCUT2D eigenvalue weighted by molar-refractivity contribution is 5.96. The Labute approximate surface area is 205 Å². The van der Waals surface area contributed by atoms with Crippen LogP contribution in [0.4, 0.5) is 5.69 Å². The predicted octanol–water partition coefficient (Wildman–Crippen LogP) is 4.72. The second-order valence-corrected chi connectivity index (χ2v) is 9.62. The van der Waals surface area contributed by atoms with Crippen molar-refractivity contribution in [3.63, 3.8) is 0 Å². The largest absolute Gasteiger partial charge is 0.478 e. The number of fused-ring (bicyclic) bond motifs is 1. The maximum absolute atomic E-state index is 13.7. The molecule has 0 bridgehead atoms. The number of likely N-dealkylation sites (tertiary alicyclic amines) is 1. The zero-order valence-corrected chi connectivity index (χ0v) is 19.7. The van der Waals surface area contributed by atoms with E-state index in [9.17, 15) is 9.59 Å². The molecule has 1 saturated heterocycles. The van der Waals surface area contributed by atoms with Crippen LogP contribution in [-0.2, 0) is 17.8 Å². The molecule has 3 aromatic rings. The highest BCUT2D eigenvalue weighted by Crippen LogP contribution is 2.35. The van der Waals surface area contributed by atoms with Crippen LogP contribution in [0.3, 0.4) is 0 Å². The third kappa shape index (κ3) is 4.99. The van der Waals surface area contributed by atoms with E-state index in [1.54, 1.807) is 12.1 Å². The van der Waals surface area contributed by atoms with Crippen LogP contribution in [0.1, 0.15) is 63.8 Å². The molecule has 1 aliphatic heterocycles. The van der Waals surface area contributed by atoms with E-state index in [-0.39, 0.29) is 29.5 Å². The summed E-state index contributed by atoms with van der Waals surface area (Å²) in [7, 11) is 0. The standard InChI is InChI=1S/C29H31N3O3/c30-26-15-11-22-17-19(8-14-24(22)26)18-32-16-4-7-25(20-5-2-1-3-6-20)27(32)28(33)31-23-12-9-21(10-13-23)29(34)35/h1-3,5-6,8-10,12-14,17,25-27H,4,7,11,15-16,18,30H2,(H,31,33)(H,34,35). The summed E-state index contributed by atoms with van der Waals surface area (Å²) in [4.78, 5) is 27.2. The van der Waals surface area contributed by atoms with Crippen LogP contribution in [0.25, 0.3) is 0 Å². The summed E-state index contributed by atoms with van der Waals surface area (Å²) in [6.07, 6.45) is 3.96. The maximum Gasteiger partial charge on any atom is 0.335 e. The summed E-state index contributed by atoms with van der Waals surface area (Å²) in [5.74, 6) is -0.975. The lowest BCUT2D eigenvalue weighted by atomic mass is 9.82. The van der Waals surface area contributed by atoms with E-state index < -0.39 is 5.97 Å². The average molecular weight is 470 g/mol. The number of aromatic carboxylic acids is 1. The Morgan fingerprint density at radius 1 is 1.00 bits per heavy atom. The number of carboxylic acid groups (broad SMARTS) is 1. The molecule has 1 amide bonds. The molecule has 35 heavy (non-hydrogen) atoms. The SMILES string of the molecule is NC1CCc2cc(CN3CCCC(c4ccccc4)C3C(=O)Nc3ccc(C(=O)O)cc3)ccc21. The van der Waals surface area contributed by atoms with Gasteiger partial charge in [-0.15, -0.1) is 0 Å². The lowest BCUT2D eigenvalue weighted by Crippen LogP contribution is -2.50. The molecule has 0 spiro atoms. The van der Waals surface area contributed by atoms with Crippen molar-refractivity contribution in [1.29, 1.82) is 0 Å². The second-order valence-electron chi connectivity index (χ2n) is 9.62. The van der Waals surface area contributed by atoms with Gasteiger partial charge < -0.3 is 16.2 Å². The molecular formula is C29H31N3O3. The molecule has 6 nitrogen and oxygen atoms in total. The Morgan fingerprint density at radius 2 is 1.77 bits per heavy atom. The minimum atomic E-state index is -0.985. The Hall–Kier alpha value is -3.48. The van der Waals surface area contributed by atoms with Crippen molar-refractivity contribution < 1.29 is 14.7 Å². The van der Waals surface area contributed by atoms with E-state index in [1.165, 1.54) is 34.4 Å². The van der Waals surface area contributed by atoms with E-state index in [4.69, 9.17) is 10.8 Å². The van der Waals surface area contributed by atoms with Crippen LogP contribution >= 0.6 is 0 Å². The zero-order valence-electron chi connectivity index (χ0n) is 19.7. The first-order valence-electron chi connectivity index (χ1n) is 12.3. The molecule has 3 atom stereocenters. The van der Waals surface area contributed by atoms with Gasteiger partial charge in [-0.25, -0.2) is 4.79 Å². The van der Waals surface area contributed by atoms with Gasteiger partial charge in [-0.3, -0.25) is 9.69 Å². The van der Waals surface area contributed by atoms with Gasteiger partial charge in [-0.2, -0.15) is 0 Å². The summed E-state index contributed by atoms with van der Waals surface area (Å²) < 4.78 is 0. The number of carbonyl (C=O) groups is 2. The van der Waals surface area contributed by atoms with Gasteiger partial charge in [0.2, 0.25) is 5.91 Å². The number of nitrogens with one attached hydrogen (secondary N) is 1. The number of hydrogen-bond acceptors (Lipinski definition) is 4. The normalized spacial score (nSPS) is 21.9. The van der Waals surface area contributed by atoms with Crippen LogP contribution < -0.4 is 11.1 Å². The first kappa shape index (κ1) is 23.3. The lowest BCUT2D eigenvalue weighted by Gasteiger charge is -2.40. The smallest absolute Gasteiger partial charge is 0.335 e. The molecule has 3 aromatic carbocycles. The van der Waals surface area contributed by atoms with Crippen molar-refractivity contribution >= 4 is 17.6 Å². The number of hydrogen-bond donors (Lipinski definition) is 3. The fourth-order valence-corrected chi connectivity index (χ4v) is 5.59. The molecule has 2 aliphatic rings. The molecule has 3 unspecified atom stereocenters. The Balaban J connectivity index is 1.42.